The molecular formula is C18H24N4O3S. The van der Waals surface area contributed by atoms with Gasteiger partial charge in [-0.1, -0.05) is 17.8 Å². The molecule has 0 fully saturated rings. The first-order valence-electron chi connectivity index (χ1n) is 8.42. The molecule has 0 aliphatic heterocycles. The molecule has 2 rings (SSSR count). The van der Waals surface area contributed by atoms with Gasteiger partial charge in [-0.05, 0) is 32.9 Å². The summed E-state index contributed by atoms with van der Waals surface area (Å²) < 4.78 is 13.0. The Morgan fingerprint density at radius 2 is 2.00 bits per heavy atom. The number of anilines is 1. The van der Waals surface area contributed by atoms with Crippen LogP contribution < -0.4 is 14.8 Å². The summed E-state index contributed by atoms with van der Waals surface area (Å²) in [5, 5.41) is 11.7. The second-order valence-electron chi connectivity index (χ2n) is 5.29. The van der Waals surface area contributed by atoms with E-state index in [1.807, 2.05) is 25.3 Å². The molecule has 0 saturated heterocycles. The minimum Gasteiger partial charge on any atom is -0.490 e. The van der Waals surface area contributed by atoms with Crippen molar-refractivity contribution in [1.82, 2.24) is 14.8 Å². The van der Waals surface area contributed by atoms with Gasteiger partial charge in [-0.2, -0.15) is 0 Å². The molecule has 0 aliphatic carbocycles. The van der Waals surface area contributed by atoms with Crippen LogP contribution in [-0.4, -0.2) is 39.6 Å². The van der Waals surface area contributed by atoms with E-state index >= 15 is 0 Å². The Bertz CT molecular complexity index is 761. The third-order valence-corrected chi connectivity index (χ3v) is 4.34. The van der Waals surface area contributed by atoms with Crippen LogP contribution in [0.15, 0.2) is 36.0 Å². The fourth-order valence-electron chi connectivity index (χ4n) is 2.26. The van der Waals surface area contributed by atoms with Crippen molar-refractivity contribution in [1.29, 1.82) is 0 Å². The number of hydrogen-bond donors (Lipinski definition) is 1. The van der Waals surface area contributed by atoms with E-state index in [9.17, 15) is 4.79 Å². The quantitative estimate of drug-likeness (QED) is 0.506. The molecule has 26 heavy (non-hydrogen) atoms. The maximum Gasteiger partial charge on any atom is 0.234 e. The number of carbonyl (C=O) groups excluding carboxylic acids is 1. The number of thioether (sulfide) groups is 1. The van der Waals surface area contributed by atoms with Crippen LogP contribution >= 0.6 is 11.8 Å². The normalized spacial score (nSPS) is 10.4. The van der Waals surface area contributed by atoms with Crippen LogP contribution in [0.2, 0.25) is 0 Å². The number of hydrogen-bond acceptors (Lipinski definition) is 6. The van der Waals surface area contributed by atoms with Crippen LogP contribution in [0.3, 0.4) is 0 Å². The van der Waals surface area contributed by atoms with Crippen LogP contribution in [0.25, 0.3) is 0 Å². The molecule has 1 amide bonds. The van der Waals surface area contributed by atoms with E-state index in [0.717, 1.165) is 5.82 Å². The predicted molar refractivity (Wildman–Crippen MR) is 103 cm³/mol. The molecule has 0 saturated carbocycles. The Balaban J connectivity index is 1.99. The fraction of sp³-hybridized carbons (Fsp3) is 0.389. The van der Waals surface area contributed by atoms with E-state index < -0.39 is 0 Å². The summed E-state index contributed by atoms with van der Waals surface area (Å²) in [6.07, 6.45) is 1.77. The van der Waals surface area contributed by atoms with E-state index in [1.54, 1.807) is 24.3 Å². The lowest BCUT2D eigenvalue weighted by molar-refractivity contribution is -0.113. The molecule has 140 valence electrons. The monoisotopic (exact) mass is 376 g/mol. The molecule has 1 N–H and O–H groups in total. The lowest BCUT2D eigenvalue weighted by atomic mass is 10.2. The molecule has 0 bridgehead atoms. The first-order valence-corrected chi connectivity index (χ1v) is 9.40. The summed E-state index contributed by atoms with van der Waals surface area (Å²) in [4.78, 5) is 12.3. The smallest absolute Gasteiger partial charge is 0.234 e. The Kier molecular flexibility index (Phi) is 7.53. The van der Waals surface area contributed by atoms with Crippen molar-refractivity contribution >= 4 is 23.4 Å². The van der Waals surface area contributed by atoms with Crippen LogP contribution in [0, 0.1) is 6.92 Å². The highest BCUT2D eigenvalue weighted by atomic mass is 32.2. The number of ether oxygens (including phenoxy) is 2. The molecule has 2 aromatic rings. The minimum atomic E-state index is -0.132. The summed E-state index contributed by atoms with van der Waals surface area (Å²) in [5.41, 5.74) is 0.659. The maximum atomic E-state index is 12.3. The number of nitrogens with zero attached hydrogens (tertiary/aromatic N) is 3. The summed E-state index contributed by atoms with van der Waals surface area (Å²) in [5.74, 6) is 2.16. The lowest BCUT2D eigenvalue weighted by Crippen LogP contribution is -2.15. The highest BCUT2D eigenvalue weighted by molar-refractivity contribution is 7.99. The SMILES string of the molecule is C=CCn1c(C)nnc1SCC(=O)Nc1ccc(OCC)c(OCC)c1. The lowest BCUT2D eigenvalue weighted by Gasteiger charge is -2.13. The van der Waals surface area contributed by atoms with E-state index in [4.69, 9.17) is 9.47 Å². The van der Waals surface area contributed by atoms with E-state index in [-0.39, 0.29) is 11.7 Å². The zero-order valence-corrected chi connectivity index (χ0v) is 16.1. The highest BCUT2D eigenvalue weighted by Gasteiger charge is 2.12. The molecule has 1 aromatic carbocycles. The van der Waals surface area contributed by atoms with Crippen molar-refractivity contribution in [2.24, 2.45) is 0 Å². The summed E-state index contributed by atoms with van der Waals surface area (Å²) >= 11 is 1.33. The summed E-state index contributed by atoms with van der Waals surface area (Å²) in [6.45, 7) is 11.1. The number of aromatic nitrogens is 3. The number of nitrogens with one attached hydrogen (secondary N) is 1. The van der Waals surface area contributed by atoms with Gasteiger partial charge in [0.25, 0.3) is 0 Å². The third-order valence-electron chi connectivity index (χ3n) is 3.37. The average Bonchev–Trinajstić information content (AvgIpc) is 2.96. The standard InChI is InChI=1S/C18H24N4O3S/c1-5-10-22-13(4)20-21-18(22)26-12-17(23)19-14-8-9-15(24-6-2)16(11-14)25-7-3/h5,8-9,11H,1,6-7,10,12H2,2-4H3,(H,19,23). The maximum absolute atomic E-state index is 12.3. The van der Waals surface area contributed by atoms with Gasteiger partial charge in [-0.15, -0.1) is 16.8 Å². The van der Waals surface area contributed by atoms with Gasteiger partial charge in [0.1, 0.15) is 5.82 Å². The Labute approximate surface area is 157 Å². The van der Waals surface area contributed by atoms with Crippen molar-refractivity contribution in [3.63, 3.8) is 0 Å². The molecule has 1 aromatic heterocycles. The molecular weight excluding hydrogens is 352 g/mol. The average molecular weight is 376 g/mol. The number of rotatable bonds is 10. The van der Waals surface area contributed by atoms with Gasteiger partial charge < -0.3 is 19.4 Å². The topological polar surface area (TPSA) is 78.3 Å². The van der Waals surface area contributed by atoms with Crippen molar-refractivity contribution in [3.05, 3.63) is 36.7 Å². The third kappa shape index (κ3) is 5.26. The molecule has 0 aliphatic rings. The Morgan fingerprint density at radius 3 is 2.69 bits per heavy atom. The second-order valence-corrected chi connectivity index (χ2v) is 6.24. The van der Waals surface area contributed by atoms with Crippen molar-refractivity contribution < 1.29 is 14.3 Å². The summed E-state index contributed by atoms with van der Waals surface area (Å²) in [7, 11) is 0. The number of carbonyl (C=O) groups is 1. The second kappa shape index (κ2) is 9.86. The van der Waals surface area contributed by atoms with Gasteiger partial charge in [0.15, 0.2) is 16.7 Å². The molecule has 0 radical (unpaired) electrons. The predicted octanol–water partition coefficient (Wildman–Crippen LogP) is 3.30. The van der Waals surface area contributed by atoms with Crippen molar-refractivity contribution in [2.75, 3.05) is 24.3 Å². The van der Waals surface area contributed by atoms with Gasteiger partial charge in [0.05, 0.1) is 19.0 Å². The molecule has 0 unspecified atom stereocenters. The molecule has 0 spiro atoms. The largest absolute Gasteiger partial charge is 0.490 e. The van der Waals surface area contributed by atoms with Crippen LogP contribution in [-0.2, 0) is 11.3 Å². The van der Waals surface area contributed by atoms with Gasteiger partial charge in [-0.3, -0.25) is 4.79 Å². The summed E-state index contributed by atoms with van der Waals surface area (Å²) in [6, 6.07) is 5.35. The number of aryl methyl sites for hydroxylation is 1. The highest BCUT2D eigenvalue weighted by Crippen LogP contribution is 2.30. The van der Waals surface area contributed by atoms with Gasteiger partial charge >= 0.3 is 0 Å². The van der Waals surface area contributed by atoms with E-state index in [1.165, 1.54) is 11.8 Å². The Morgan fingerprint density at radius 1 is 1.27 bits per heavy atom. The Hall–Kier alpha value is -2.48. The number of allylic oxidation sites excluding steroid dienone is 1. The van der Waals surface area contributed by atoms with Gasteiger partial charge in [0.2, 0.25) is 5.91 Å². The first-order chi connectivity index (χ1) is 12.6. The molecule has 8 heteroatoms. The van der Waals surface area contributed by atoms with Gasteiger partial charge in [0, 0.05) is 18.3 Å². The van der Waals surface area contributed by atoms with Crippen molar-refractivity contribution in [3.8, 4) is 11.5 Å². The molecule has 0 atom stereocenters. The fourth-order valence-corrected chi connectivity index (χ4v) is 3.06. The number of benzene rings is 1. The van der Waals surface area contributed by atoms with E-state index in [0.29, 0.717) is 42.1 Å². The minimum absolute atomic E-state index is 0.132. The number of amides is 1. The van der Waals surface area contributed by atoms with E-state index in [2.05, 4.69) is 22.1 Å². The molecule has 1 heterocycles. The molecule has 7 nitrogen and oxygen atoms in total. The van der Waals surface area contributed by atoms with Gasteiger partial charge in [-0.25, -0.2) is 0 Å². The zero-order chi connectivity index (χ0) is 18.9. The van der Waals surface area contributed by atoms with Crippen LogP contribution in [0.1, 0.15) is 19.7 Å². The zero-order valence-electron chi connectivity index (χ0n) is 15.3. The van der Waals surface area contributed by atoms with Crippen LogP contribution in [0.4, 0.5) is 5.69 Å². The van der Waals surface area contributed by atoms with Crippen molar-refractivity contribution in [2.45, 2.75) is 32.5 Å². The van der Waals surface area contributed by atoms with Crippen LogP contribution in [0.5, 0.6) is 11.5 Å². The first kappa shape index (κ1) is 19.8.